The largest absolute Gasteiger partial charge is 0.481 e. The van der Waals surface area contributed by atoms with Crippen LogP contribution in [0, 0.1) is 5.92 Å². The van der Waals surface area contributed by atoms with Crippen LogP contribution in [0.15, 0.2) is 18.3 Å². The number of alkyl halides is 3. The van der Waals surface area contributed by atoms with E-state index in [0.29, 0.717) is 16.3 Å². The summed E-state index contributed by atoms with van der Waals surface area (Å²) in [5.41, 5.74) is 0.639. The number of halogens is 3. The molecule has 23 heavy (non-hydrogen) atoms. The minimum Gasteiger partial charge on any atom is -0.481 e. The van der Waals surface area contributed by atoms with Crippen molar-refractivity contribution in [1.29, 1.82) is 0 Å². The first-order valence-corrected chi connectivity index (χ1v) is 6.90. The summed E-state index contributed by atoms with van der Waals surface area (Å²) in [6, 6.07) is 3.38. The second kappa shape index (κ2) is 6.84. The maximum Gasteiger partial charge on any atom is 0.406 e. The number of hydrogen-bond acceptors (Lipinski definition) is 4. The van der Waals surface area contributed by atoms with E-state index in [4.69, 9.17) is 4.74 Å². The average Bonchev–Trinajstić information content (AvgIpc) is 2.84. The Hall–Kier alpha value is -2.32. The van der Waals surface area contributed by atoms with Gasteiger partial charge in [-0.2, -0.15) is 13.2 Å². The van der Waals surface area contributed by atoms with E-state index in [9.17, 15) is 22.8 Å². The molecule has 0 spiro atoms. The molecule has 0 saturated carbocycles. The van der Waals surface area contributed by atoms with Crippen LogP contribution >= 0.6 is 0 Å². The molecule has 0 radical (unpaired) electrons. The fourth-order valence-corrected chi connectivity index (χ4v) is 2.39. The van der Waals surface area contributed by atoms with Crippen LogP contribution in [0.25, 0.3) is 0 Å². The first-order valence-electron chi connectivity index (χ1n) is 6.90. The van der Waals surface area contributed by atoms with E-state index in [1.165, 1.54) is 13.3 Å². The molecule has 1 atom stereocenters. The highest BCUT2D eigenvalue weighted by Crippen LogP contribution is 2.24. The Morgan fingerprint density at radius 3 is 2.91 bits per heavy atom. The Balaban J connectivity index is 1.91. The lowest BCUT2D eigenvalue weighted by Gasteiger charge is -2.18. The number of rotatable bonds is 5. The Labute approximate surface area is 130 Å². The standard InChI is InChI=1S/C14H16F3N3O3/c1-23-13-9(3-2-4-18-13)6-19-12(22)10-5-11(21)20(7-10)8-14(15,16)17/h2-4,10H,5-8H2,1H3,(H,19,22)/t10-/m1/s1. The zero-order chi connectivity index (χ0) is 17.0. The number of aromatic nitrogens is 1. The highest BCUT2D eigenvalue weighted by molar-refractivity contribution is 5.89. The minimum absolute atomic E-state index is 0.125. The summed E-state index contributed by atoms with van der Waals surface area (Å²) in [6.07, 6.45) is -3.15. The third-order valence-electron chi connectivity index (χ3n) is 3.45. The van der Waals surface area contributed by atoms with Crippen molar-refractivity contribution in [2.24, 2.45) is 5.92 Å². The van der Waals surface area contributed by atoms with Gasteiger partial charge in [-0.05, 0) is 6.07 Å². The van der Waals surface area contributed by atoms with Gasteiger partial charge in [-0.15, -0.1) is 0 Å². The molecule has 1 aromatic rings. The second-order valence-electron chi connectivity index (χ2n) is 5.18. The molecule has 0 bridgehead atoms. The molecule has 1 aliphatic heterocycles. The summed E-state index contributed by atoms with van der Waals surface area (Å²) < 4.78 is 42.1. The molecule has 2 heterocycles. The van der Waals surface area contributed by atoms with Crippen molar-refractivity contribution in [1.82, 2.24) is 15.2 Å². The molecule has 1 fully saturated rings. The second-order valence-corrected chi connectivity index (χ2v) is 5.18. The summed E-state index contributed by atoms with van der Waals surface area (Å²) in [5, 5.41) is 2.60. The van der Waals surface area contributed by atoms with Crippen molar-refractivity contribution in [2.45, 2.75) is 19.1 Å². The normalized spacial score (nSPS) is 18.2. The number of nitrogens with zero attached hydrogens (tertiary/aromatic N) is 2. The fraction of sp³-hybridized carbons (Fsp3) is 0.500. The van der Waals surface area contributed by atoms with Crippen molar-refractivity contribution < 1.29 is 27.5 Å². The van der Waals surface area contributed by atoms with Gasteiger partial charge in [0.05, 0.1) is 13.0 Å². The highest BCUT2D eigenvalue weighted by Gasteiger charge is 2.40. The number of pyridine rings is 1. The molecule has 126 valence electrons. The molecule has 2 amide bonds. The molecular formula is C14H16F3N3O3. The smallest absolute Gasteiger partial charge is 0.406 e. The topological polar surface area (TPSA) is 71.5 Å². The number of amides is 2. The van der Waals surface area contributed by atoms with E-state index in [-0.39, 0.29) is 19.5 Å². The highest BCUT2D eigenvalue weighted by atomic mass is 19.4. The average molecular weight is 331 g/mol. The van der Waals surface area contributed by atoms with Crippen molar-refractivity contribution >= 4 is 11.8 Å². The van der Waals surface area contributed by atoms with E-state index in [1.54, 1.807) is 12.1 Å². The molecule has 0 aromatic carbocycles. The number of carbonyl (C=O) groups excluding carboxylic acids is 2. The van der Waals surface area contributed by atoms with E-state index in [0.717, 1.165) is 0 Å². The van der Waals surface area contributed by atoms with Crippen LogP contribution in [-0.2, 0) is 16.1 Å². The van der Waals surface area contributed by atoms with Gasteiger partial charge in [0.1, 0.15) is 6.54 Å². The van der Waals surface area contributed by atoms with Crippen LogP contribution in [0.2, 0.25) is 0 Å². The van der Waals surface area contributed by atoms with Gasteiger partial charge in [0.15, 0.2) is 0 Å². The van der Waals surface area contributed by atoms with Crippen molar-refractivity contribution in [3.8, 4) is 5.88 Å². The van der Waals surface area contributed by atoms with Crippen LogP contribution in [0.5, 0.6) is 5.88 Å². The maximum atomic E-state index is 12.3. The van der Waals surface area contributed by atoms with Crippen molar-refractivity contribution in [3.63, 3.8) is 0 Å². The number of likely N-dealkylation sites (tertiary alicyclic amines) is 1. The Morgan fingerprint density at radius 2 is 2.26 bits per heavy atom. The van der Waals surface area contributed by atoms with Crippen LogP contribution in [0.3, 0.4) is 0 Å². The predicted molar refractivity (Wildman–Crippen MR) is 73.4 cm³/mol. The number of methoxy groups -OCH3 is 1. The third-order valence-corrected chi connectivity index (χ3v) is 3.45. The lowest BCUT2D eigenvalue weighted by atomic mass is 10.1. The van der Waals surface area contributed by atoms with Crippen molar-refractivity contribution in [3.05, 3.63) is 23.9 Å². The number of hydrogen-bond donors (Lipinski definition) is 1. The third kappa shape index (κ3) is 4.57. The molecule has 1 saturated heterocycles. The number of carbonyl (C=O) groups is 2. The van der Waals surface area contributed by atoms with Gasteiger partial charge in [-0.1, -0.05) is 6.07 Å². The van der Waals surface area contributed by atoms with E-state index in [1.807, 2.05) is 0 Å². The quantitative estimate of drug-likeness (QED) is 0.878. The van der Waals surface area contributed by atoms with Crippen LogP contribution in [0.1, 0.15) is 12.0 Å². The zero-order valence-corrected chi connectivity index (χ0v) is 12.4. The summed E-state index contributed by atoms with van der Waals surface area (Å²) in [4.78, 5) is 28.2. The molecule has 1 N–H and O–H groups in total. The van der Waals surface area contributed by atoms with Gasteiger partial charge in [0.25, 0.3) is 0 Å². The molecule has 0 aliphatic carbocycles. The molecule has 0 unspecified atom stereocenters. The summed E-state index contributed by atoms with van der Waals surface area (Å²) in [5.74, 6) is -1.56. The van der Waals surface area contributed by atoms with Gasteiger partial charge in [0, 0.05) is 31.3 Å². The Bertz CT molecular complexity index is 592. The van der Waals surface area contributed by atoms with E-state index in [2.05, 4.69) is 10.3 Å². The first-order chi connectivity index (χ1) is 10.8. The van der Waals surface area contributed by atoms with Crippen molar-refractivity contribution in [2.75, 3.05) is 20.2 Å². The summed E-state index contributed by atoms with van der Waals surface area (Å²) >= 11 is 0. The molecule has 1 aromatic heterocycles. The summed E-state index contributed by atoms with van der Waals surface area (Å²) in [7, 11) is 1.44. The van der Waals surface area contributed by atoms with Gasteiger partial charge in [-0.25, -0.2) is 4.98 Å². The van der Waals surface area contributed by atoms with Crippen LogP contribution < -0.4 is 10.1 Å². The zero-order valence-electron chi connectivity index (χ0n) is 12.4. The monoisotopic (exact) mass is 331 g/mol. The summed E-state index contributed by atoms with van der Waals surface area (Å²) in [6.45, 7) is -1.43. The van der Waals surface area contributed by atoms with Gasteiger partial charge in [0.2, 0.25) is 17.7 Å². The SMILES string of the molecule is COc1ncccc1CNC(=O)[C@@H]1CC(=O)N(CC(F)(F)F)C1. The van der Waals surface area contributed by atoms with Crippen LogP contribution in [0.4, 0.5) is 13.2 Å². The number of ether oxygens (including phenoxy) is 1. The molecular weight excluding hydrogens is 315 g/mol. The molecule has 9 heteroatoms. The van der Waals surface area contributed by atoms with Gasteiger partial charge in [-0.3, -0.25) is 9.59 Å². The fourth-order valence-electron chi connectivity index (χ4n) is 2.39. The molecule has 1 aliphatic rings. The van der Waals surface area contributed by atoms with Gasteiger partial charge >= 0.3 is 6.18 Å². The predicted octanol–water partition coefficient (Wildman–Crippen LogP) is 1.12. The maximum absolute atomic E-state index is 12.3. The Morgan fingerprint density at radius 1 is 1.52 bits per heavy atom. The van der Waals surface area contributed by atoms with Crippen LogP contribution in [-0.4, -0.2) is 48.1 Å². The lowest BCUT2D eigenvalue weighted by Crippen LogP contribution is -2.37. The first kappa shape index (κ1) is 17.0. The lowest BCUT2D eigenvalue weighted by molar-refractivity contribution is -0.157. The van der Waals surface area contributed by atoms with Gasteiger partial charge < -0.3 is 15.0 Å². The minimum atomic E-state index is -4.47. The molecule has 6 nitrogen and oxygen atoms in total. The molecule has 2 rings (SSSR count). The number of nitrogens with one attached hydrogen (secondary N) is 1. The van der Waals surface area contributed by atoms with E-state index < -0.39 is 30.5 Å². The Kier molecular flexibility index (Phi) is 5.07. The van der Waals surface area contributed by atoms with E-state index >= 15 is 0 Å².